The Balaban J connectivity index is 2.75. The van der Waals surface area contributed by atoms with E-state index < -0.39 is 0 Å². The van der Waals surface area contributed by atoms with Crippen molar-refractivity contribution in [2.75, 3.05) is 12.4 Å². The minimum absolute atomic E-state index is 0.107. The lowest BCUT2D eigenvalue weighted by Crippen LogP contribution is -2.24. The first kappa shape index (κ1) is 13.0. The van der Waals surface area contributed by atoms with Crippen LogP contribution in [-0.4, -0.2) is 19.1 Å². The van der Waals surface area contributed by atoms with E-state index in [0.717, 1.165) is 4.47 Å². The van der Waals surface area contributed by atoms with Gasteiger partial charge in [0.25, 0.3) is 0 Å². The molecule has 0 radical (unpaired) electrons. The number of rotatable bonds is 4. The van der Waals surface area contributed by atoms with Gasteiger partial charge in [0.2, 0.25) is 5.91 Å². The summed E-state index contributed by atoms with van der Waals surface area (Å²) in [4.78, 5) is 11.5. The number of anilines is 1. The van der Waals surface area contributed by atoms with Gasteiger partial charge < -0.3 is 15.8 Å². The zero-order valence-corrected chi connectivity index (χ0v) is 10.9. The number of nitrogens with two attached hydrogens (primary N) is 1. The van der Waals surface area contributed by atoms with Gasteiger partial charge in [-0.05, 0) is 35.0 Å². The minimum atomic E-state index is -0.149. The zero-order valence-electron chi connectivity index (χ0n) is 9.29. The summed E-state index contributed by atoms with van der Waals surface area (Å²) in [6.07, 6.45) is 0.295. The number of amides is 1. The van der Waals surface area contributed by atoms with Crippen LogP contribution >= 0.6 is 15.9 Å². The van der Waals surface area contributed by atoms with E-state index in [2.05, 4.69) is 21.2 Å². The molecular weight excluding hydrogens is 272 g/mol. The quantitative estimate of drug-likeness (QED) is 0.891. The molecule has 0 aliphatic heterocycles. The van der Waals surface area contributed by atoms with Crippen LogP contribution in [0, 0.1) is 0 Å². The van der Waals surface area contributed by atoms with Crippen molar-refractivity contribution in [1.29, 1.82) is 0 Å². The monoisotopic (exact) mass is 286 g/mol. The molecule has 16 heavy (non-hydrogen) atoms. The van der Waals surface area contributed by atoms with Crippen LogP contribution in [-0.2, 0) is 4.79 Å². The van der Waals surface area contributed by atoms with Gasteiger partial charge >= 0.3 is 0 Å². The molecule has 0 bridgehead atoms. The number of hydrogen-bond donors (Lipinski definition) is 2. The van der Waals surface area contributed by atoms with Crippen molar-refractivity contribution < 1.29 is 9.53 Å². The highest BCUT2D eigenvalue weighted by molar-refractivity contribution is 9.10. The average molecular weight is 287 g/mol. The van der Waals surface area contributed by atoms with Crippen molar-refractivity contribution in [3.63, 3.8) is 0 Å². The van der Waals surface area contributed by atoms with Gasteiger partial charge in [0.15, 0.2) is 0 Å². The number of hydrogen-bond acceptors (Lipinski definition) is 3. The van der Waals surface area contributed by atoms with Crippen LogP contribution < -0.4 is 15.8 Å². The maximum Gasteiger partial charge on any atom is 0.225 e. The Bertz CT molecular complexity index is 380. The number of benzene rings is 1. The van der Waals surface area contributed by atoms with Crippen molar-refractivity contribution in [2.45, 2.75) is 19.4 Å². The molecule has 3 N–H and O–H groups in total. The van der Waals surface area contributed by atoms with Crippen molar-refractivity contribution >= 4 is 27.5 Å². The summed E-state index contributed by atoms with van der Waals surface area (Å²) < 4.78 is 5.89. The summed E-state index contributed by atoms with van der Waals surface area (Å²) in [6.45, 7) is 1.79. The molecule has 0 spiro atoms. The van der Waals surface area contributed by atoms with E-state index in [1.54, 1.807) is 20.1 Å². The van der Waals surface area contributed by atoms with Crippen LogP contribution in [0.15, 0.2) is 22.7 Å². The predicted octanol–water partition coefficient (Wildman–Crippen LogP) is 2.13. The van der Waals surface area contributed by atoms with Gasteiger partial charge in [-0.15, -0.1) is 0 Å². The molecule has 0 aromatic heterocycles. The Morgan fingerprint density at radius 2 is 2.31 bits per heavy atom. The van der Waals surface area contributed by atoms with Crippen LogP contribution in [0.1, 0.15) is 13.3 Å². The van der Waals surface area contributed by atoms with Crippen LogP contribution in [0.2, 0.25) is 0 Å². The Kier molecular flexibility index (Phi) is 4.76. The lowest BCUT2D eigenvalue weighted by Gasteiger charge is -2.10. The fourth-order valence-corrected chi connectivity index (χ4v) is 1.57. The Labute approximate surface area is 103 Å². The van der Waals surface area contributed by atoms with Crippen molar-refractivity contribution in [3.05, 3.63) is 22.7 Å². The second-order valence-corrected chi connectivity index (χ2v) is 4.43. The van der Waals surface area contributed by atoms with Gasteiger partial charge in [-0.25, -0.2) is 0 Å². The highest BCUT2D eigenvalue weighted by atomic mass is 79.9. The largest absolute Gasteiger partial charge is 0.497 e. The number of methoxy groups -OCH3 is 1. The molecule has 0 aliphatic rings. The first-order valence-electron chi connectivity index (χ1n) is 4.92. The molecule has 4 nitrogen and oxygen atoms in total. The van der Waals surface area contributed by atoms with E-state index in [0.29, 0.717) is 17.9 Å². The van der Waals surface area contributed by atoms with Gasteiger partial charge in [0, 0.05) is 23.0 Å². The zero-order chi connectivity index (χ0) is 12.1. The molecule has 1 amide bonds. The van der Waals surface area contributed by atoms with E-state index in [4.69, 9.17) is 10.5 Å². The smallest absolute Gasteiger partial charge is 0.225 e. The summed E-state index contributed by atoms with van der Waals surface area (Å²) in [5.41, 5.74) is 6.23. The lowest BCUT2D eigenvalue weighted by molar-refractivity contribution is -0.116. The standard InChI is InChI=1S/C11H15BrN2O2/c1-7(13)5-11(15)14-10-6-8(16-2)3-4-9(10)12/h3-4,6-7H,5,13H2,1-2H3,(H,14,15). The number of nitrogens with one attached hydrogen (secondary N) is 1. The van der Waals surface area contributed by atoms with Crippen molar-refractivity contribution in [1.82, 2.24) is 0 Å². The fourth-order valence-electron chi connectivity index (χ4n) is 1.22. The maximum atomic E-state index is 11.5. The predicted molar refractivity (Wildman–Crippen MR) is 67.6 cm³/mol. The molecular formula is C11H15BrN2O2. The average Bonchev–Trinajstić information content (AvgIpc) is 2.20. The molecule has 88 valence electrons. The summed E-state index contributed by atoms with van der Waals surface area (Å²) in [5, 5.41) is 2.77. The first-order chi connectivity index (χ1) is 7.52. The Hall–Kier alpha value is -1.07. The first-order valence-corrected chi connectivity index (χ1v) is 5.71. The molecule has 1 aromatic rings. The van der Waals surface area contributed by atoms with E-state index >= 15 is 0 Å². The number of halogens is 1. The highest BCUT2D eigenvalue weighted by Crippen LogP contribution is 2.27. The molecule has 0 aliphatic carbocycles. The molecule has 0 fully saturated rings. The van der Waals surface area contributed by atoms with Gasteiger partial charge in [-0.3, -0.25) is 4.79 Å². The van der Waals surface area contributed by atoms with Crippen LogP contribution in [0.5, 0.6) is 5.75 Å². The van der Waals surface area contributed by atoms with Crippen LogP contribution in [0.4, 0.5) is 5.69 Å². The number of ether oxygens (including phenoxy) is 1. The van der Waals surface area contributed by atoms with Crippen molar-refractivity contribution in [3.8, 4) is 5.75 Å². The SMILES string of the molecule is COc1ccc(Br)c(NC(=O)CC(C)N)c1. The van der Waals surface area contributed by atoms with Gasteiger partial charge in [-0.2, -0.15) is 0 Å². The molecule has 1 rings (SSSR count). The lowest BCUT2D eigenvalue weighted by atomic mass is 10.2. The van der Waals surface area contributed by atoms with Crippen molar-refractivity contribution in [2.24, 2.45) is 5.73 Å². The molecule has 1 atom stereocenters. The summed E-state index contributed by atoms with van der Waals surface area (Å²) in [7, 11) is 1.58. The summed E-state index contributed by atoms with van der Waals surface area (Å²) in [6, 6.07) is 5.23. The minimum Gasteiger partial charge on any atom is -0.497 e. The van der Waals surface area contributed by atoms with E-state index in [-0.39, 0.29) is 11.9 Å². The number of carbonyl (C=O) groups excluding carboxylic acids is 1. The van der Waals surface area contributed by atoms with Crippen LogP contribution in [0.3, 0.4) is 0 Å². The normalized spacial score (nSPS) is 12.0. The molecule has 0 heterocycles. The topological polar surface area (TPSA) is 64.3 Å². The van der Waals surface area contributed by atoms with E-state index in [1.165, 1.54) is 0 Å². The summed E-state index contributed by atoms with van der Waals surface area (Å²) in [5.74, 6) is 0.586. The Morgan fingerprint density at radius 1 is 1.62 bits per heavy atom. The van der Waals surface area contributed by atoms with Gasteiger partial charge in [0.05, 0.1) is 12.8 Å². The van der Waals surface area contributed by atoms with E-state index in [1.807, 2.05) is 12.1 Å². The third-order valence-electron chi connectivity index (χ3n) is 1.95. The Morgan fingerprint density at radius 3 is 2.88 bits per heavy atom. The second kappa shape index (κ2) is 5.86. The van der Waals surface area contributed by atoms with E-state index in [9.17, 15) is 4.79 Å². The third kappa shape index (κ3) is 3.83. The molecule has 0 saturated heterocycles. The number of carbonyl (C=O) groups is 1. The second-order valence-electron chi connectivity index (χ2n) is 3.58. The highest BCUT2D eigenvalue weighted by Gasteiger charge is 2.08. The molecule has 5 heteroatoms. The molecule has 1 unspecified atom stereocenters. The fraction of sp³-hybridized carbons (Fsp3) is 0.364. The maximum absolute atomic E-state index is 11.5. The molecule has 1 aromatic carbocycles. The molecule has 0 saturated carbocycles. The van der Waals surface area contributed by atoms with Gasteiger partial charge in [0.1, 0.15) is 5.75 Å². The van der Waals surface area contributed by atoms with Crippen LogP contribution in [0.25, 0.3) is 0 Å². The van der Waals surface area contributed by atoms with Gasteiger partial charge in [-0.1, -0.05) is 0 Å². The third-order valence-corrected chi connectivity index (χ3v) is 2.65. The summed E-state index contributed by atoms with van der Waals surface area (Å²) >= 11 is 3.35.